The van der Waals surface area contributed by atoms with Crippen LogP contribution in [0.15, 0.2) is 0 Å². The minimum absolute atomic E-state index is 2.20. The predicted molar refractivity (Wildman–Crippen MR) is 33.8 cm³/mol. The maximum Gasteiger partial charge on any atom is 0.406 e. The lowest BCUT2D eigenvalue weighted by Gasteiger charge is -2.21. The summed E-state index contributed by atoms with van der Waals surface area (Å²) in [6.45, 7) is 0. The molecule has 0 aromatic carbocycles. The lowest BCUT2D eigenvalue weighted by Crippen LogP contribution is -2.51. The van der Waals surface area contributed by atoms with Crippen LogP contribution in [0.5, 0.6) is 0 Å². The molecule has 0 fully saturated rings. The maximum absolute atomic E-state index is 12.8. The van der Waals surface area contributed by atoms with Crippen molar-refractivity contribution in [3.8, 4) is 0 Å². The molecule has 10 heteroatoms. The molecule has 0 aliphatic carbocycles. The number of hydrogen-bond donors (Lipinski definition) is 0. The van der Waals surface area contributed by atoms with Crippen molar-refractivity contribution in [2.24, 2.45) is 0 Å². The molecule has 4 nitrogen and oxygen atoms in total. The Morgan fingerprint density at radius 1 is 0.929 bits per heavy atom. The van der Waals surface area contributed by atoms with Gasteiger partial charge in [-0.2, -0.15) is 0 Å². The van der Waals surface area contributed by atoms with Gasteiger partial charge >= 0.3 is 22.2 Å². The summed E-state index contributed by atoms with van der Waals surface area (Å²) < 4.78 is 47.8. The van der Waals surface area contributed by atoms with E-state index in [-0.39, 0.29) is 0 Å². The van der Waals surface area contributed by atoms with E-state index >= 15 is 0 Å². The van der Waals surface area contributed by atoms with Gasteiger partial charge in [0.2, 0.25) is 0 Å². The van der Waals surface area contributed by atoms with E-state index in [1.165, 1.54) is 0 Å². The van der Waals surface area contributed by atoms with E-state index in [1.807, 2.05) is 0 Å². The summed E-state index contributed by atoms with van der Waals surface area (Å²) in [5, 5.41) is -8.90. The van der Waals surface area contributed by atoms with Crippen LogP contribution in [0.3, 0.4) is 0 Å². The van der Waals surface area contributed by atoms with E-state index < -0.39 is 22.2 Å². The minimum atomic E-state index is -4.45. The first-order valence-corrected chi connectivity index (χ1v) is 3.39. The fourth-order valence-electron chi connectivity index (χ4n) is 0.353. The van der Waals surface area contributed by atoms with Crippen LogP contribution in [0.1, 0.15) is 0 Å². The molecule has 82 valence electrons. The van der Waals surface area contributed by atoms with Gasteiger partial charge in [-0.1, -0.05) is 23.2 Å². The molecule has 0 aromatic heterocycles. The van der Waals surface area contributed by atoms with Crippen LogP contribution in [-0.4, -0.2) is 22.2 Å². The second-order valence-corrected chi connectivity index (χ2v) is 2.92. The summed E-state index contributed by atoms with van der Waals surface area (Å²) >= 11 is 8.79. The van der Waals surface area contributed by atoms with Crippen LogP contribution < -0.4 is 0 Å². The third-order valence-corrected chi connectivity index (χ3v) is 1.97. The molecule has 2 atom stereocenters. The van der Waals surface area contributed by atoms with E-state index in [0.717, 1.165) is 0 Å². The highest BCUT2D eigenvalue weighted by Gasteiger charge is 2.66. The first-order chi connectivity index (χ1) is 6.21. The van der Waals surface area contributed by atoms with Crippen LogP contribution in [0.2, 0.25) is 0 Å². The average Bonchev–Trinajstić information content (AvgIpc) is 2.14. The number of carbonyl (C=O) groups excluding carboxylic acids is 2. The largest absolute Gasteiger partial charge is 0.406 e. The third-order valence-electron chi connectivity index (χ3n) is 1.05. The Hall–Kier alpha value is -0.760. The SMILES string of the molecule is O=C(OF)C(F)(Cl)C(F)(Cl)C(=O)OF. The fraction of sp³-hybridized carbons (Fsp3) is 0.500. The molecule has 0 rings (SSSR count). The van der Waals surface area contributed by atoms with Crippen molar-refractivity contribution in [3.63, 3.8) is 0 Å². The second-order valence-electron chi connectivity index (χ2n) is 1.88. The molecule has 0 heterocycles. The van der Waals surface area contributed by atoms with Gasteiger partial charge in [-0.05, 0) is 0 Å². The average molecular weight is 259 g/mol. The standard InChI is InChI=1S/C4Cl2F4O4/c5-3(7,1(11)13-9)4(6,8)2(12)14-10. The Kier molecular flexibility index (Phi) is 3.95. The summed E-state index contributed by atoms with van der Waals surface area (Å²) in [5.74, 6) is -5.33. The first kappa shape index (κ1) is 13.2. The molecule has 0 N–H and O–H groups in total. The highest BCUT2D eigenvalue weighted by Crippen LogP contribution is 2.40. The molecule has 14 heavy (non-hydrogen) atoms. The van der Waals surface area contributed by atoms with Crippen LogP contribution in [0.4, 0.5) is 17.8 Å². The van der Waals surface area contributed by atoms with Crippen molar-refractivity contribution in [2.45, 2.75) is 10.3 Å². The zero-order chi connectivity index (χ0) is 11.6. The topological polar surface area (TPSA) is 52.6 Å². The third kappa shape index (κ3) is 2.01. The molecule has 0 saturated carbocycles. The van der Waals surface area contributed by atoms with Gasteiger partial charge in [-0.15, -0.1) is 0 Å². The number of carbonyl (C=O) groups is 2. The highest BCUT2D eigenvalue weighted by atomic mass is 35.5. The van der Waals surface area contributed by atoms with E-state index in [4.69, 9.17) is 0 Å². The summed E-state index contributed by atoms with van der Waals surface area (Å²) in [6.07, 6.45) is 0. The lowest BCUT2D eigenvalue weighted by atomic mass is 10.2. The van der Waals surface area contributed by atoms with Crippen LogP contribution in [-0.2, 0) is 19.5 Å². The normalized spacial score (nSPS) is 19.0. The monoisotopic (exact) mass is 258 g/mol. The number of halogens is 6. The summed E-state index contributed by atoms with van der Waals surface area (Å²) in [7, 11) is 0. The van der Waals surface area contributed by atoms with E-state index in [0.29, 0.717) is 0 Å². The first-order valence-electron chi connectivity index (χ1n) is 2.63. The van der Waals surface area contributed by atoms with Gasteiger partial charge in [-0.3, -0.25) is 0 Å². The van der Waals surface area contributed by atoms with Gasteiger partial charge < -0.3 is 0 Å². The lowest BCUT2D eigenvalue weighted by molar-refractivity contribution is -0.211. The Balaban J connectivity index is 5.06. The molecule has 0 saturated heterocycles. The van der Waals surface area contributed by atoms with Crippen LogP contribution >= 0.6 is 23.2 Å². The molecular formula is C4Cl2F4O4. The van der Waals surface area contributed by atoms with Gasteiger partial charge in [0.15, 0.2) is 0 Å². The predicted octanol–water partition coefficient (Wildman–Crippen LogP) is 1.65. The molecule has 0 bridgehead atoms. The molecule has 2 unspecified atom stereocenters. The van der Waals surface area contributed by atoms with Crippen molar-refractivity contribution in [2.75, 3.05) is 0 Å². The van der Waals surface area contributed by atoms with Crippen molar-refractivity contribution in [1.82, 2.24) is 0 Å². The molecule has 0 aromatic rings. The smallest absolute Gasteiger partial charge is 0.249 e. The Labute approximate surface area is 83.5 Å². The highest BCUT2D eigenvalue weighted by molar-refractivity contribution is 6.45. The molecule has 0 aliphatic heterocycles. The maximum atomic E-state index is 12.8. The van der Waals surface area contributed by atoms with Crippen LogP contribution in [0.25, 0.3) is 0 Å². The number of rotatable bonds is 3. The zero-order valence-corrected chi connectivity index (χ0v) is 7.41. The Morgan fingerprint density at radius 3 is 1.29 bits per heavy atom. The number of alkyl halides is 4. The Bertz CT molecular complexity index is 230. The van der Waals surface area contributed by atoms with Crippen molar-refractivity contribution < 1.29 is 37.3 Å². The van der Waals surface area contributed by atoms with Crippen molar-refractivity contribution in [3.05, 3.63) is 0 Å². The van der Waals surface area contributed by atoms with Crippen molar-refractivity contribution in [1.29, 1.82) is 0 Å². The van der Waals surface area contributed by atoms with Gasteiger partial charge in [-0.25, -0.2) is 28.3 Å². The summed E-state index contributed by atoms with van der Waals surface area (Å²) in [6, 6.07) is 0. The van der Waals surface area contributed by atoms with Gasteiger partial charge in [0.25, 0.3) is 0 Å². The molecule has 0 radical (unpaired) electrons. The second kappa shape index (κ2) is 4.18. The van der Waals surface area contributed by atoms with E-state index in [9.17, 15) is 27.4 Å². The zero-order valence-electron chi connectivity index (χ0n) is 5.90. The number of hydrogen-bond acceptors (Lipinski definition) is 4. The minimum Gasteiger partial charge on any atom is -0.249 e. The molecule has 0 aliphatic rings. The summed E-state index contributed by atoms with van der Waals surface area (Å²) in [4.78, 5) is 24.7. The molecule has 0 amide bonds. The molecule has 0 spiro atoms. The quantitative estimate of drug-likeness (QED) is 0.571. The van der Waals surface area contributed by atoms with Gasteiger partial charge in [0.1, 0.15) is 0 Å². The summed E-state index contributed by atoms with van der Waals surface area (Å²) in [5.41, 5.74) is 0. The molecular weight excluding hydrogens is 259 g/mol. The Morgan fingerprint density at radius 2 is 1.14 bits per heavy atom. The van der Waals surface area contributed by atoms with Crippen molar-refractivity contribution >= 4 is 35.1 Å². The van der Waals surface area contributed by atoms with Crippen LogP contribution in [0, 0.1) is 0 Å². The van der Waals surface area contributed by atoms with E-state index in [1.54, 1.807) is 0 Å². The van der Waals surface area contributed by atoms with Gasteiger partial charge in [0.05, 0.1) is 0 Å². The fourth-order valence-corrected chi connectivity index (χ4v) is 0.566. The van der Waals surface area contributed by atoms with Gasteiger partial charge in [0, 0.05) is 9.05 Å². The van der Waals surface area contributed by atoms with E-state index in [2.05, 4.69) is 33.1 Å².